The third kappa shape index (κ3) is 5.02. The molecule has 0 spiro atoms. The summed E-state index contributed by atoms with van der Waals surface area (Å²) in [5.74, 6) is 0.711. The minimum absolute atomic E-state index is 0.130. The molecule has 1 aromatic heterocycles. The molecule has 0 saturated carbocycles. The van der Waals surface area contributed by atoms with Crippen LogP contribution >= 0.6 is 0 Å². The van der Waals surface area contributed by atoms with Gasteiger partial charge in [0.15, 0.2) is 5.82 Å². The van der Waals surface area contributed by atoms with Gasteiger partial charge in [0.2, 0.25) is 0 Å². The van der Waals surface area contributed by atoms with E-state index in [1.807, 2.05) is 6.07 Å². The average molecular weight is 677 g/mol. The van der Waals surface area contributed by atoms with E-state index in [0.717, 1.165) is 44.6 Å². The lowest BCUT2D eigenvalue weighted by Gasteiger charge is -2.23. The molecule has 1 heterocycles. The van der Waals surface area contributed by atoms with Gasteiger partial charge in [-0.15, -0.1) is 0 Å². The van der Waals surface area contributed by atoms with Crippen LogP contribution in [0.5, 0.6) is 0 Å². The molecule has 8 aromatic carbocycles. The molecule has 250 valence electrons. The first-order valence-electron chi connectivity index (χ1n) is 18.3. The molecule has 0 fully saturated rings. The maximum absolute atomic E-state index is 5.36. The first kappa shape index (κ1) is 31.1. The predicted molar refractivity (Wildman–Crippen MR) is 222 cm³/mol. The molecule has 0 bridgehead atoms. The zero-order chi connectivity index (χ0) is 35.5. The van der Waals surface area contributed by atoms with Gasteiger partial charge in [0, 0.05) is 22.1 Å². The summed E-state index contributed by atoms with van der Waals surface area (Å²) in [5, 5.41) is 4.93. The number of hydrogen-bond acceptors (Lipinski definition) is 2. The van der Waals surface area contributed by atoms with Crippen molar-refractivity contribution in [2.75, 3.05) is 0 Å². The number of hydrogen-bond donors (Lipinski definition) is 0. The van der Waals surface area contributed by atoms with Crippen LogP contribution in [0.3, 0.4) is 0 Å². The Balaban J connectivity index is 1.19. The quantitative estimate of drug-likeness (QED) is 0.181. The first-order valence-corrected chi connectivity index (χ1v) is 18.3. The third-order valence-electron chi connectivity index (χ3n) is 11.1. The standard InChI is InChI=1S/C51H36N2/c1-51(2)45-27-15-26-42(48(45)44-29-28-34-18-9-10-22-37(34)49(44)51)40-30-31-43(39-24-13-12-23-38(39)40)50-52-46(35-19-7-4-8-20-35)32-47(53-50)41-25-14-11-21-36(41)33-16-5-3-6-17-33/h3-32H,1-2H3. The summed E-state index contributed by atoms with van der Waals surface area (Å²) in [7, 11) is 0. The summed E-state index contributed by atoms with van der Waals surface area (Å²) in [4.78, 5) is 10.6. The van der Waals surface area contributed by atoms with E-state index in [2.05, 4.69) is 190 Å². The third-order valence-corrected chi connectivity index (χ3v) is 11.1. The van der Waals surface area contributed by atoms with E-state index in [1.165, 1.54) is 49.5 Å². The average Bonchev–Trinajstić information content (AvgIpc) is 3.47. The summed E-state index contributed by atoms with van der Waals surface area (Å²) in [6.45, 7) is 4.75. The first-order chi connectivity index (χ1) is 26.1. The Kier molecular flexibility index (Phi) is 7.19. The smallest absolute Gasteiger partial charge is 0.161 e. The fourth-order valence-corrected chi connectivity index (χ4v) is 8.64. The van der Waals surface area contributed by atoms with E-state index in [0.29, 0.717) is 5.82 Å². The van der Waals surface area contributed by atoms with Crippen molar-refractivity contribution >= 4 is 21.5 Å². The normalized spacial score (nSPS) is 12.9. The summed E-state index contributed by atoms with van der Waals surface area (Å²) < 4.78 is 0. The predicted octanol–water partition coefficient (Wildman–Crippen LogP) is 13.4. The fraction of sp³-hybridized carbons (Fsp3) is 0.0588. The molecule has 0 aliphatic heterocycles. The van der Waals surface area contributed by atoms with Crippen molar-refractivity contribution in [3.8, 4) is 67.3 Å². The lowest BCUT2D eigenvalue weighted by atomic mass is 9.80. The van der Waals surface area contributed by atoms with E-state index in [4.69, 9.17) is 9.97 Å². The second kappa shape index (κ2) is 12.3. The van der Waals surface area contributed by atoms with Crippen molar-refractivity contribution in [3.63, 3.8) is 0 Å². The topological polar surface area (TPSA) is 25.8 Å². The van der Waals surface area contributed by atoms with Crippen molar-refractivity contribution in [2.45, 2.75) is 19.3 Å². The van der Waals surface area contributed by atoms with Crippen molar-refractivity contribution in [2.24, 2.45) is 0 Å². The molecular weight excluding hydrogens is 641 g/mol. The zero-order valence-corrected chi connectivity index (χ0v) is 29.7. The second-order valence-corrected chi connectivity index (χ2v) is 14.5. The van der Waals surface area contributed by atoms with Crippen LogP contribution in [0, 0.1) is 0 Å². The van der Waals surface area contributed by atoms with Crippen molar-refractivity contribution in [1.29, 1.82) is 0 Å². The van der Waals surface area contributed by atoms with Gasteiger partial charge in [-0.1, -0.05) is 184 Å². The molecule has 2 heteroatoms. The monoisotopic (exact) mass is 676 g/mol. The Bertz CT molecular complexity index is 2850. The SMILES string of the molecule is CC1(C)c2cccc(-c3ccc(-c4nc(-c5ccccc5)cc(-c5ccccc5-c5ccccc5)n4)c4ccccc34)c2-c2ccc3ccccc3c21. The Labute approximate surface area is 310 Å². The lowest BCUT2D eigenvalue weighted by Crippen LogP contribution is -2.15. The van der Waals surface area contributed by atoms with Crippen LogP contribution in [0.4, 0.5) is 0 Å². The Hall–Kier alpha value is -6.64. The van der Waals surface area contributed by atoms with Gasteiger partial charge in [-0.3, -0.25) is 0 Å². The number of fused-ring (bicyclic) bond motifs is 6. The lowest BCUT2D eigenvalue weighted by molar-refractivity contribution is 0.666. The summed E-state index contributed by atoms with van der Waals surface area (Å²) in [6, 6.07) is 65.2. The highest BCUT2D eigenvalue weighted by Crippen LogP contribution is 2.55. The molecule has 0 radical (unpaired) electrons. The molecule has 10 rings (SSSR count). The van der Waals surface area contributed by atoms with Gasteiger partial charge in [-0.2, -0.15) is 0 Å². The highest BCUT2D eigenvalue weighted by molar-refractivity contribution is 6.09. The van der Waals surface area contributed by atoms with Crippen molar-refractivity contribution in [3.05, 3.63) is 193 Å². The van der Waals surface area contributed by atoms with E-state index < -0.39 is 0 Å². The van der Waals surface area contributed by atoms with Crippen LogP contribution in [0.25, 0.3) is 88.8 Å². The van der Waals surface area contributed by atoms with E-state index in [9.17, 15) is 0 Å². The van der Waals surface area contributed by atoms with E-state index in [1.54, 1.807) is 0 Å². The molecule has 53 heavy (non-hydrogen) atoms. The summed E-state index contributed by atoms with van der Waals surface area (Å²) in [5.41, 5.74) is 15.0. The maximum Gasteiger partial charge on any atom is 0.161 e. The number of benzene rings is 8. The van der Waals surface area contributed by atoms with E-state index >= 15 is 0 Å². The second-order valence-electron chi connectivity index (χ2n) is 14.5. The fourth-order valence-electron chi connectivity index (χ4n) is 8.64. The molecular formula is C51H36N2. The minimum atomic E-state index is -0.130. The Morgan fingerprint density at radius 1 is 0.377 bits per heavy atom. The van der Waals surface area contributed by atoms with Gasteiger partial charge < -0.3 is 0 Å². The van der Waals surface area contributed by atoms with Crippen LogP contribution in [-0.4, -0.2) is 9.97 Å². The van der Waals surface area contributed by atoms with Gasteiger partial charge in [0.25, 0.3) is 0 Å². The van der Waals surface area contributed by atoms with Gasteiger partial charge in [0.1, 0.15) is 0 Å². The number of nitrogens with zero attached hydrogens (tertiary/aromatic N) is 2. The molecule has 1 aliphatic carbocycles. The van der Waals surface area contributed by atoms with Crippen LogP contribution in [0.1, 0.15) is 25.0 Å². The molecule has 0 atom stereocenters. The number of rotatable bonds is 5. The van der Waals surface area contributed by atoms with E-state index in [-0.39, 0.29) is 5.41 Å². The van der Waals surface area contributed by atoms with Crippen molar-refractivity contribution in [1.82, 2.24) is 9.97 Å². The highest BCUT2D eigenvalue weighted by atomic mass is 14.9. The molecule has 1 aliphatic rings. The maximum atomic E-state index is 5.36. The number of aromatic nitrogens is 2. The molecule has 0 amide bonds. The Morgan fingerprint density at radius 3 is 1.72 bits per heavy atom. The molecule has 2 nitrogen and oxygen atoms in total. The Morgan fingerprint density at radius 2 is 0.943 bits per heavy atom. The zero-order valence-electron chi connectivity index (χ0n) is 29.7. The minimum Gasteiger partial charge on any atom is -0.228 e. The van der Waals surface area contributed by atoms with Gasteiger partial charge >= 0.3 is 0 Å². The van der Waals surface area contributed by atoms with Gasteiger partial charge in [-0.25, -0.2) is 9.97 Å². The van der Waals surface area contributed by atoms with Crippen molar-refractivity contribution < 1.29 is 0 Å². The van der Waals surface area contributed by atoms with Crippen LogP contribution in [0.15, 0.2) is 182 Å². The van der Waals surface area contributed by atoms with Gasteiger partial charge in [-0.05, 0) is 78.2 Å². The molecule has 0 N–H and O–H groups in total. The summed E-state index contributed by atoms with van der Waals surface area (Å²) in [6.07, 6.45) is 0. The molecule has 0 unspecified atom stereocenters. The van der Waals surface area contributed by atoms with Crippen LogP contribution < -0.4 is 0 Å². The van der Waals surface area contributed by atoms with Crippen LogP contribution in [0.2, 0.25) is 0 Å². The van der Waals surface area contributed by atoms with Crippen LogP contribution in [-0.2, 0) is 5.41 Å². The largest absolute Gasteiger partial charge is 0.228 e. The van der Waals surface area contributed by atoms with Gasteiger partial charge in [0.05, 0.1) is 11.4 Å². The molecule has 9 aromatic rings. The molecule has 0 saturated heterocycles. The summed E-state index contributed by atoms with van der Waals surface area (Å²) >= 11 is 0. The highest BCUT2D eigenvalue weighted by Gasteiger charge is 2.38.